The largest absolute Gasteiger partial charge is 0.393 e. The topological polar surface area (TPSA) is 89.9 Å². The van der Waals surface area contributed by atoms with Crippen molar-refractivity contribution in [2.24, 2.45) is 0 Å². The van der Waals surface area contributed by atoms with Crippen LogP contribution in [0.2, 0.25) is 0 Å². The van der Waals surface area contributed by atoms with Gasteiger partial charge in [0, 0.05) is 0 Å². The number of aliphatic hydroxyl groups excluding tert-OH is 1. The molecule has 3 N–H and O–H groups in total. The van der Waals surface area contributed by atoms with Gasteiger partial charge in [0.05, 0.1) is 17.5 Å². The summed E-state index contributed by atoms with van der Waals surface area (Å²) in [5.74, 6) is 0.462. The van der Waals surface area contributed by atoms with Gasteiger partial charge < -0.3 is 10.8 Å². The zero-order chi connectivity index (χ0) is 12.0. The van der Waals surface area contributed by atoms with Gasteiger partial charge in [-0.2, -0.15) is 5.10 Å². The fourth-order valence-corrected chi connectivity index (χ4v) is 3.11. The molecule has 0 saturated heterocycles. The van der Waals surface area contributed by atoms with Crippen LogP contribution in [-0.2, 0) is 0 Å². The minimum absolute atomic E-state index is 0.213. The van der Waals surface area contributed by atoms with Gasteiger partial charge >= 0.3 is 0 Å². The standard InChI is InChI=1S/C10H12IN5O/c11-8-7-9(12)13-4-14-10(7)16(15-8)5-1-2-6(17)3-5/h4-6,17H,1-3H2,(H2,12,13,14). The summed E-state index contributed by atoms with van der Waals surface area (Å²) in [4.78, 5) is 8.24. The Morgan fingerprint density at radius 2 is 2.24 bits per heavy atom. The Bertz CT molecular complexity index is 569. The molecule has 3 rings (SSSR count). The number of nitrogen functional groups attached to an aromatic ring is 1. The smallest absolute Gasteiger partial charge is 0.164 e. The second-order valence-electron chi connectivity index (χ2n) is 4.31. The molecule has 2 aromatic heterocycles. The van der Waals surface area contributed by atoms with Crippen LogP contribution in [0.4, 0.5) is 5.82 Å². The molecule has 7 heteroatoms. The van der Waals surface area contributed by atoms with E-state index in [0.717, 1.165) is 34.0 Å². The number of halogens is 1. The highest BCUT2D eigenvalue weighted by Gasteiger charge is 2.27. The lowest BCUT2D eigenvalue weighted by atomic mass is 10.2. The average Bonchev–Trinajstić information content (AvgIpc) is 2.84. The summed E-state index contributed by atoms with van der Waals surface area (Å²) >= 11 is 2.14. The van der Waals surface area contributed by atoms with Gasteiger partial charge in [-0.3, -0.25) is 0 Å². The normalized spacial score (nSPS) is 24.6. The van der Waals surface area contributed by atoms with Crippen molar-refractivity contribution in [3.8, 4) is 0 Å². The minimum Gasteiger partial charge on any atom is -0.393 e. The van der Waals surface area contributed by atoms with Crippen molar-refractivity contribution in [2.45, 2.75) is 31.4 Å². The van der Waals surface area contributed by atoms with Crippen LogP contribution in [0.3, 0.4) is 0 Å². The van der Waals surface area contributed by atoms with Gasteiger partial charge in [0.25, 0.3) is 0 Å². The van der Waals surface area contributed by atoms with Crippen molar-refractivity contribution in [3.63, 3.8) is 0 Å². The van der Waals surface area contributed by atoms with Crippen LogP contribution in [0.25, 0.3) is 11.0 Å². The molecule has 2 atom stereocenters. The summed E-state index contributed by atoms with van der Waals surface area (Å²) < 4.78 is 2.70. The minimum atomic E-state index is -0.226. The van der Waals surface area contributed by atoms with Crippen LogP contribution in [-0.4, -0.2) is 31.0 Å². The predicted molar refractivity (Wildman–Crippen MR) is 71.3 cm³/mol. The molecule has 0 amide bonds. The van der Waals surface area contributed by atoms with Gasteiger partial charge in [0.2, 0.25) is 0 Å². The molecule has 1 fully saturated rings. The third kappa shape index (κ3) is 1.77. The molecule has 2 aromatic rings. The Morgan fingerprint density at radius 3 is 2.94 bits per heavy atom. The Balaban J connectivity index is 2.14. The van der Waals surface area contributed by atoms with Crippen molar-refractivity contribution in [2.75, 3.05) is 5.73 Å². The fourth-order valence-electron chi connectivity index (χ4n) is 2.36. The summed E-state index contributed by atoms with van der Waals surface area (Å²) in [6.45, 7) is 0. The first kappa shape index (κ1) is 11.1. The zero-order valence-corrected chi connectivity index (χ0v) is 11.2. The van der Waals surface area contributed by atoms with E-state index in [1.165, 1.54) is 6.33 Å². The molecule has 6 nitrogen and oxygen atoms in total. The summed E-state index contributed by atoms with van der Waals surface area (Å²) in [5, 5.41) is 14.9. The third-order valence-corrected chi connectivity index (χ3v) is 3.95. The van der Waals surface area contributed by atoms with E-state index in [9.17, 15) is 5.11 Å². The van der Waals surface area contributed by atoms with Crippen molar-refractivity contribution in [3.05, 3.63) is 10.0 Å². The van der Waals surface area contributed by atoms with Gasteiger partial charge in [0.1, 0.15) is 15.8 Å². The van der Waals surface area contributed by atoms with E-state index in [4.69, 9.17) is 5.73 Å². The van der Waals surface area contributed by atoms with Crippen molar-refractivity contribution in [1.82, 2.24) is 19.7 Å². The molecular weight excluding hydrogens is 333 g/mol. The Hall–Kier alpha value is -0.960. The van der Waals surface area contributed by atoms with E-state index in [-0.39, 0.29) is 12.1 Å². The number of hydrogen-bond donors (Lipinski definition) is 2. The van der Waals surface area contributed by atoms with Crippen LogP contribution >= 0.6 is 22.6 Å². The molecular formula is C10H12IN5O. The first-order valence-corrected chi connectivity index (χ1v) is 6.57. The summed E-state index contributed by atoms with van der Waals surface area (Å²) in [5.41, 5.74) is 6.60. The second kappa shape index (κ2) is 4.05. The van der Waals surface area contributed by atoms with Gasteiger partial charge in [0.15, 0.2) is 5.65 Å². The van der Waals surface area contributed by atoms with Crippen LogP contribution in [0.15, 0.2) is 6.33 Å². The lowest BCUT2D eigenvalue weighted by Crippen LogP contribution is -2.09. The van der Waals surface area contributed by atoms with Crippen molar-refractivity contribution < 1.29 is 5.11 Å². The maximum atomic E-state index is 9.59. The molecule has 90 valence electrons. The second-order valence-corrected chi connectivity index (χ2v) is 5.34. The number of nitrogens with two attached hydrogens (primary N) is 1. The molecule has 2 unspecified atom stereocenters. The third-order valence-electron chi connectivity index (χ3n) is 3.20. The number of aromatic nitrogens is 4. The van der Waals surface area contributed by atoms with Gasteiger partial charge in [-0.25, -0.2) is 14.6 Å². The summed E-state index contributed by atoms with van der Waals surface area (Å²) in [6.07, 6.45) is 3.71. The predicted octanol–water partition coefficient (Wildman–Crippen LogP) is 1.10. The van der Waals surface area contributed by atoms with Gasteiger partial charge in [-0.05, 0) is 41.9 Å². The number of nitrogens with zero attached hydrogens (tertiary/aromatic N) is 4. The Morgan fingerprint density at radius 1 is 1.41 bits per heavy atom. The highest BCUT2D eigenvalue weighted by Crippen LogP contribution is 2.33. The first-order valence-electron chi connectivity index (χ1n) is 5.49. The first-order chi connectivity index (χ1) is 8.16. The molecule has 0 radical (unpaired) electrons. The molecule has 1 saturated carbocycles. The number of hydrogen-bond acceptors (Lipinski definition) is 5. The monoisotopic (exact) mass is 345 g/mol. The van der Waals surface area contributed by atoms with Crippen LogP contribution < -0.4 is 5.73 Å². The number of rotatable bonds is 1. The van der Waals surface area contributed by atoms with E-state index >= 15 is 0 Å². The van der Waals surface area contributed by atoms with E-state index in [0.29, 0.717) is 5.82 Å². The molecule has 2 heterocycles. The van der Waals surface area contributed by atoms with E-state index in [1.807, 2.05) is 4.68 Å². The van der Waals surface area contributed by atoms with E-state index < -0.39 is 0 Å². The highest BCUT2D eigenvalue weighted by atomic mass is 127. The lowest BCUT2D eigenvalue weighted by Gasteiger charge is -2.10. The number of anilines is 1. The maximum absolute atomic E-state index is 9.59. The van der Waals surface area contributed by atoms with Crippen LogP contribution in [0.5, 0.6) is 0 Å². The van der Waals surface area contributed by atoms with E-state index in [2.05, 4.69) is 37.7 Å². The molecule has 17 heavy (non-hydrogen) atoms. The zero-order valence-electron chi connectivity index (χ0n) is 9.04. The van der Waals surface area contributed by atoms with Crippen LogP contribution in [0, 0.1) is 3.70 Å². The molecule has 1 aliphatic carbocycles. The fraction of sp³-hybridized carbons (Fsp3) is 0.500. The van der Waals surface area contributed by atoms with Gasteiger partial charge in [-0.1, -0.05) is 0 Å². The van der Waals surface area contributed by atoms with Gasteiger partial charge in [-0.15, -0.1) is 0 Å². The molecule has 0 bridgehead atoms. The molecule has 0 aromatic carbocycles. The highest BCUT2D eigenvalue weighted by molar-refractivity contribution is 14.1. The average molecular weight is 345 g/mol. The van der Waals surface area contributed by atoms with Crippen LogP contribution in [0.1, 0.15) is 25.3 Å². The molecule has 0 spiro atoms. The SMILES string of the molecule is Nc1ncnc2c1c(I)nn2C1CCC(O)C1. The maximum Gasteiger partial charge on any atom is 0.164 e. The van der Waals surface area contributed by atoms with E-state index in [1.54, 1.807) is 0 Å². The quantitative estimate of drug-likeness (QED) is 0.756. The Labute approximate surface area is 111 Å². The number of fused-ring (bicyclic) bond motifs is 1. The lowest BCUT2D eigenvalue weighted by molar-refractivity contribution is 0.177. The van der Waals surface area contributed by atoms with Crippen molar-refractivity contribution in [1.29, 1.82) is 0 Å². The molecule has 1 aliphatic rings. The molecule has 0 aliphatic heterocycles. The summed E-state index contributed by atoms with van der Waals surface area (Å²) in [6, 6.07) is 0.213. The van der Waals surface area contributed by atoms with Crippen molar-refractivity contribution >= 4 is 39.4 Å². The number of aliphatic hydroxyl groups is 1. The Kier molecular flexibility index (Phi) is 2.66. The summed E-state index contributed by atoms with van der Waals surface area (Å²) in [7, 11) is 0.